The SMILES string of the molecule is O=C(C(=Nc1ccccc1)c1ccc([N+](=O)[O-])cc1)c1cccs1. The first-order valence-electron chi connectivity index (χ1n) is 7.12. The molecule has 0 spiro atoms. The summed E-state index contributed by atoms with van der Waals surface area (Å²) < 4.78 is 0. The van der Waals surface area contributed by atoms with Crippen molar-refractivity contribution in [1.29, 1.82) is 0 Å². The predicted molar refractivity (Wildman–Crippen MR) is 94.4 cm³/mol. The van der Waals surface area contributed by atoms with E-state index in [9.17, 15) is 14.9 Å². The number of thiophene rings is 1. The van der Waals surface area contributed by atoms with Crippen molar-refractivity contribution in [3.05, 3.63) is 92.7 Å². The fraction of sp³-hybridized carbons (Fsp3) is 0. The number of hydrogen-bond donors (Lipinski definition) is 0. The summed E-state index contributed by atoms with van der Waals surface area (Å²) in [5, 5.41) is 12.6. The minimum atomic E-state index is -0.473. The van der Waals surface area contributed by atoms with Gasteiger partial charge in [-0.3, -0.25) is 14.9 Å². The Kier molecular flexibility index (Phi) is 4.58. The smallest absolute Gasteiger partial charge is 0.269 e. The molecule has 0 atom stereocenters. The minimum absolute atomic E-state index is 0.0265. The number of non-ortho nitro benzene ring substituents is 1. The molecular weight excluding hydrogens is 324 g/mol. The van der Waals surface area contributed by atoms with E-state index in [0.717, 1.165) is 0 Å². The zero-order valence-electron chi connectivity index (χ0n) is 12.5. The summed E-state index contributed by atoms with van der Waals surface area (Å²) in [6.07, 6.45) is 0. The van der Waals surface area contributed by atoms with Gasteiger partial charge in [0.2, 0.25) is 5.78 Å². The number of aliphatic imine (C=N–C) groups is 1. The third kappa shape index (κ3) is 3.44. The lowest BCUT2D eigenvalue weighted by Gasteiger charge is -2.05. The highest BCUT2D eigenvalue weighted by molar-refractivity contribution is 7.13. The van der Waals surface area contributed by atoms with Crippen LogP contribution in [0.3, 0.4) is 0 Å². The van der Waals surface area contributed by atoms with Crippen LogP contribution in [-0.2, 0) is 0 Å². The number of nitrogens with zero attached hydrogens (tertiary/aromatic N) is 2. The van der Waals surface area contributed by atoms with E-state index >= 15 is 0 Å². The highest BCUT2D eigenvalue weighted by Crippen LogP contribution is 2.20. The minimum Gasteiger partial charge on any atom is -0.286 e. The molecule has 0 saturated carbocycles. The number of Topliss-reactive ketones (excluding diaryl/α,β-unsaturated/α-hetero) is 1. The highest BCUT2D eigenvalue weighted by Gasteiger charge is 2.18. The van der Waals surface area contributed by atoms with Crippen molar-refractivity contribution < 1.29 is 9.72 Å². The molecule has 0 radical (unpaired) electrons. The first-order valence-corrected chi connectivity index (χ1v) is 8.00. The van der Waals surface area contributed by atoms with Gasteiger partial charge in [-0.25, -0.2) is 4.99 Å². The summed E-state index contributed by atoms with van der Waals surface area (Å²) in [6, 6.07) is 18.5. The number of carbonyl (C=O) groups excluding carboxylic acids is 1. The normalized spacial score (nSPS) is 11.2. The molecule has 0 amide bonds. The molecule has 118 valence electrons. The van der Waals surface area contributed by atoms with Crippen LogP contribution in [-0.4, -0.2) is 16.4 Å². The quantitative estimate of drug-likeness (QED) is 0.294. The Bertz CT molecular complexity index is 886. The number of benzene rings is 2. The van der Waals surface area contributed by atoms with Crippen LogP contribution in [0.4, 0.5) is 11.4 Å². The number of rotatable bonds is 5. The van der Waals surface area contributed by atoms with E-state index in [1.807, 2.05) is 23.6 Å². The Hall–Kier alpha value is -3.12. The van der Waals surface area contributed by atoms with E-state index in [4.69, 9.17) is 0 Å². The van der Waals surface area contributed by atoms with Gasteiger partial charge in [-0.15, -0.1) is 11.3 Å². The Balaban J connectivity index is 2.06. The zero-order chi connectivity index (χ0) is 16.9. The molecule has 0 saturated heterocycles. The van der Waals surface area contributed by atoms with Crippen molar-refractivity contribution in [1.82, 2.24) is 0 Å². The van der Waals surface area contributed by atoms with Crippen LogP contribution in [0.15, 0.2) is 77.1 Å². The van der Waals surface area contributed by atoms with Crippen molar-refractivity contribution in [2.45, 2.75) is 0 Å². The van der Waals surface area contributed by atoms with Gasteiger partial charge in [0.25, 0.3) is 5.69 Å². The van der Waals surface area contributed by atoms with Gasteiger partial charge in [0.15, 0.2) is 0 Å². The van der Waals surface area contributed by atoms with Gasteiger partial charge < -0.3 is 0 Å². The molecule has 1 heterocycles. The summed E-state index contributed by atoms with van der Waals surface area (Å²) in [5.74, 6) is -0.206. The van der Waals surface area contributed by atoms with Crippen molar-refractivity contribution in [3.63, 3.8) is 0 Å². The Labute approximate surface area is 142 Å². The summed E-state index contributed by atoms with van der Waals surface area (Å²) in [5.41, 5.74) is 1.43. The standard InChI is InChI=1S/C18H12N2O3S/c21-18(16-7-4-12-24-16)17(19-14-5-2-1-3-6-14)13-8-10-15(11-9-13)20(22)23/h1-12H. The number of ketones is 1. The Morgan fingerprint density at radius 2 is 1.67 bits per heavy atom. The third-order valence-electron chi connectivity index (χ3n) is 3.31. The fourth-order valence-corrected chi connectivity index (χ4v) is 2.81. The second kappa shape index (κ2) is 6.97. The van der Waals surface area contributed by atoms with Crippen molar-refractivity contribution >= 4 is 34.2 Å². The lowest BCUT2D eigenvalue weighted by molar-refractivity contribution is -0.384. The lowest BCUT2D eigenvalue weighted by atomic mass is 10.0. The predicted octanol–water partition coefficient (Wildman–Crippen LogP) is 4.66. The van der Waals surface area contributed by atoms with Crippen molar-refractivity contribution in [3.8, 4) is 0 Å². The van der Waals surface area contributed by atoms with E-state index in [2.05, 4.69) is 4.99 Å². The van der Waals surface area contributed by atoms with Crippen molar-refractivity contribution in [2.24, 2.45) is 4.99 Å². The van der Waals surface area contributed by atoms with E-state index < -0.39 is 4.92 Å². The van der Waals surface area contributed by atoms with E-state index in [0.29, 0.717) is 16.1 Å². The number of nitro benzene ring substituents is 1. The van der Waals surface area contributed by atoms with Crippen LogP contribution in [0.5, 0.6) is 0 Å². The molecule has 3 rings (SSSR count). The van der Waals surface area contributed by atoms with Crippen LogP contribution in [0.1, 0.15) is 15.2 Å². The molecule has 0 aliphatic rings. The third-order valence-corrected chi connectivity index (χ3v) is 4.18. The molecule has 0 aliphatic carbocycles. The largest absolute Gasteiger partial charge is 0.286 e. The zero-order valence-corrected chi connectivity index (χ0v) is 13.3. The van der Waals surface area contributed by atoms with Crippen LogP contribution >= 0.6 is 11.3 Å². The number of para-hydroxylation sites is 1. The van der Waals surface area contributed by atoms with E-state index in [1.165, 1.54) is 23.5 Å². The van der Waals surface area contributed by atoms with Crippen LogP contribution in [0.2, 0.25) is 0 Å². The van der Waals surface area contributed by atoms with Gasteiger partial charge in [-0.05, 0) is 35.7 Å². The van der Waals surface area contributed by atoms with Crippen molar-refractivity contribution in [2.75, 3.05) is 0 Å². The van der Waals surface area contributed by atoms with E-state index in [-0.39, 0.29) is 17.2 Å². The van der Waals surface area contributed by atoms with Gasteiger partial charge in [0, 0.05) is 17.7 Å². The maximum Gasteiger partial charge on any atom is 0.269 e. The second-order valence-electron chi connectivity index (χ2n) is 4.91. The average Bonchev–Trinajstić information content (AvgIpc) is 3.15. The topological polar surface area (TPSA) is 72.6 Å². The fourth-order valence-electron chi connectivity index (χ4n) is 2.14. The molecular formula is C18H12N2O3S. The summed E-state index contributed by atoms with van der Waals surface area (Å²) in [6.45, 7) is 0. The summed E-state index contributed by atoms with van der Waals surface area (Å²) >= 11 is 1.33. The first kappa shape index (κ1) is 15.8. The molecule has 2 aromatic carbocycles. The molecule has 6 heteroatoms. The van der Waals surface area contributed by atoms with Crippen LogP contribution < -0.4 is 0 Å². The van der Waals surface area contributed by atoms with E-state index in [1.54, 1.807) is 36.4 Å². The Morgan fingerprint density at radius 3 is 2.25 bits per heavy atom. The average molecular weight is 336 g/mol. The molecule has 5 nitrogen and oxygen atoms in total. The number of nitro groups is 1. The number of hydrogen-bond acceptors (Lipinski definition) is 5. The lowest BCUT2D eigenvalue weighted by Crippen LogP contribution is -2.14. The monoisotopic (exact) mass is 336 g/mol. The van der Waals surface area contributed by atoms with Gasteiger partial charge in [0.05, 0.1) is 15.5 Å². The first-order chi connectivity index (χ1) is 11.6. The molecule has 0 aliphatic heterocycles. The van der Waals surface area contributed by atoms with Crippen LogP contribution in [0.25, 0.3) is 0 Å². The summed E-state index contributed by atoms with van der Waals surface area (Å²) in [4.78, 5) is 28.1. The summed E-state index contributed by atoms with van der Waals surface area (Å²) in [7, 11) is 0. The molecule has 24 heavy (non-hydrogen) atoms. The number of carbonyl (C=O) groups is 1. The van der Waals surface area contributed by atoms with Gasteiger partial charge >= 0.3 is 0 Å². The van der Waals surface area contributed by atoms with Gasteiger partial charge in [-0.1, -0.05) is 24.3 Å². The maximum atomic E-state index is 12.8. The van der Waals surface area contributed by atoms with Gasteiger partial charge in [0.1, 0.15) is 5.71 Å². The molecule has 1 aromatic heterocycles. The molecule has 0 fully saturated rings. The molecule has 0 N–H and O–H groups in total. The molecule has 0 unspecified atom stereocenters. The molecule has 0 bridgehead atoms. The second-order valence-corrected chi connectivity index (χ2v) is 5.85. The molecule has 3 aromatic rings. The van der Waals surface area contributed by atoms with Crippen LogP contribution in [0, 0.1) is 10.1 Å². The highest BCUT2D eigenvalue weighted by atomic mass is 32.1. The van der Waals surface area contributed by atoms with Gasteiger partial charge in [-0.2, -0.15) is 0 Å². The Morgan fingerprint density at radius 1 is 0.958 bits per heavy atom. The maximum absolute atomic E-state index is 12.8.